The Morgan fingerprint density at radius 3 is 2.72 bits per heavy atom. The quantitative estimate of drug-likeness (QED) is 0.872. The summed E-state index contributed by atoms with van der Waals surface area (Å²) in [6.45, 7) is 6.81. The zero-order valence-electron chi connectivity index (χ0n) is 11.0. The molecule has 0 unspecified atom stereocenters. The van der Waals surface area contributed by atoms with Gasteiger partial charge in [0.05, 0.1) is 0 Å². The first-order valence-corrected chi connectivity index (χ1v) is 6.50. The lowest BCUT2D eigenvalue weighted by Crippen LogP contribution is -2.45. The van der Waals surface area contributed by atoms with E-state index in [9.17, 15) is 9.90 Å². The van der Waals surface area contributed by atoms with Crippen LogP contribution in [-0.2, 0) is 13.0 Å². The van der Waals surface area contributed by atoms with Crippen molar-refractivity contribution in [1.82, 2.24) is 9.80 Å². The van der Waals surface area contributed by atoms with Crippen molar-refractivity contribution in [2.75, 3.05) is 19.6 Å². The maximum Gasteiger partial charge on any atom is 0.320 e. The van der Waals surface area contributed by atoms with Crippen molar-refractivity contribution in [3.05, 3.63) is 29.3 Å². The second kappa shape index (κ2) is 5.29. The number of nitrogens with zero attached hydrogens (tertiary/aromatic N) is 2. The number of phenolic OH excluding ortho intramolecular Hbond substituents is 1. The molecule has 0 fully saturated rings. The van der Waals surface area contributed by atoms with E-state index in [0.717, 1.165) is 31.6 Å². The van der Waals surface area contributed by atoms with Crippen molar-refractivity contribution >= 4 is 6.03 Å². The monoisotopic (exact) mass is 248 g/mol. The smallest absolute Gasteiger partial charge is 0.320 e. The molecule has 0 saturated carbocycles. The lowest BCUT2D eigenvalue weighted by atomic mass is 10.00. The average Bonchev–Trinajstić information content (AvgIpc) is 2.39. The summed E-state index contributed by atoms with van der Waals surface area (Å²) in [7, 11) is 0. The molecule has 1 aliphatic rings. The Balaban J connectivity index is 2.14. The molecule has 0 radical (unpaired) electrons. The summed E-state index contributed by atoms with van der Waals surface area (Å²) >= 11 is 0. The Labute approximate surface area is 108 Å². The minimum Gasteiger partial charge on any atom is -0.508 e. The van der Waals surface area contributed by atoms with Crippen LogP contribution < -0.4 is 0 Å². The Kier molecular flexibility index (Phi) is 3.75. The first kappa shape index (κ1) is 12.7. The molecule has 98 valence electrons. The van der Waals surface area contributed by atoms with Crippen molar-refractivity contribution in [3.8, 4) is 5.75 Å². The summed E-state index contributed by atoms with van der Waals surface area (Å²) in [5, 5.41) is 9.50. The van der Waals surface area contributed by atoms with E-state index in [4.69, 9.17) is 0 Å². The number of amides is 2. The molecule has 4 heteroatoms. The van der Waals surface area contributed by atoms with Gasteiger partial charge in [0.1, 0.15) is 5.75 Å². The van der Waals surface area contributed by atoms with Crippen LogP contribution in [0.25, 0.3) is 0 Å². The molecule has 18 heavy (non-hydrogen) atoms. The van der Waals surface area contributed by atoms with Crippen LogP contribution in [0.5, 0.6) is 5.75 Å². The largest absolute Gasteiger partial charge is 0.508 e. The molecular weight excluding hydrogens is 228 g/mol. The summed E-state index contributed by atoms with van der Waals surface area (Å²) in [4.78, 5) is 15.9. The number of phenols is 1. The third-order valence-electron chi connectivity index (χ3n) is 3.51. The van der Waals surface area contributed by atoms with Crippen molar-refractivity contribution in [3.63, 3.8) is 0 Å². The number of fused-ring (bicyclic) bond motifs is 1. The molecule has 0 atom stereocenters. The molecule has 1 aromatic carbocycles. The van der Waals surface area contributed by atoms with Crippen molar-refractivity contribution < 1.29 is 9.90 Å². The Morgan fingerprint density at radius 1 is 1.33 bits per heavy atom. The standard InChI is InChI=1S/C14H20N2O2/c1-3-15(4-2)14(18)16-8-7-11-5-6-13(17)9-12(11)10-16/h5-6,9,17H,3-4,7-8,10H2,1-2H3. The molecule has 1 heterocycles. The molecular formula is C14H20N2O2. The summed E-state index contributed by atoms with van der Waals surface area (Å²) < 4.78 is 0. The van der Waals surface area contributed by atoms with E-state index >= 15 is 0 Å². The van der Waals surface area contributed by atoms with Gasteiger partial charge in [-0.3, -0.25) is 0 Å². The number of aromatic hydroxyl groups is 1. The Morgan fingerprint density at radius 2 is 2.06 bits per heavy atom. The van der Waals surface area contributed by atoms with Crippen molar-refractivity contribution in [2.24, 2.45) is 0 Å². The van der Waals surface area contributed by atoms with Gasteiger partial charge in [0.25, 0.3) is 0 Å². The summed E-state index contributed by atoms with van der Waals surface area (Å²) in [5.41, 5.74) is 2.29. The van der Waals surface area contributed by atoms with Gasteiger partial charge < -0.3 is 14.9 Å². The van der Waals surface area contributed by atoms with Gasteiger partial charge in [-0.1, -0.05) is 6.07 Å². The minimum atomic E-state index is 0.0917. The molecule has 1 aliphatic heterocycles. The van der Waals surface area contributed by atoms with Gasteiger partial charge in [0.2, 0.25) is 0 Å². The van der Waals surface area contributed by atoms with Crippen LogP contribution in [0.1, 0.15) is 25.0 Å². The van der Waals surface area contributed by atoms with Crippen LogP contribution in [0.4, 0.5) is 4.79 Å². The normalized spacial score (nSPS) is 14.2. The predicted molar refractivity (Wildman–Crippen MR) is 70.5 cm³/mol. The Bertz CT molecular complexity index is 441. The van der Waals surface area contributed by atoms with E-state index in [1.54, 1.807) is 12.1 Å². The molecule has 2 amide bonds. The maximum absolute atomic E-state index is 12.2. The molecule has 0 saturated heterocycles. The number of hydrogen-bond donors (Lipinski definition) is 1. The van der Waals surface area contributed by atoms with E-state index in [0.29, 0.717) is 6.54 Å². The maximum atomic E-state index is 12.2. The fourth-order valence-corrected chi connectivity index (χ4v) is 2.40. The van der Waals surface area contributed by atoms with E-state index < -0.39 is 0 Å². The number of hydrogen-bond acceptors (Lipinski definition) is 2. The zero-order valence-corrected chi connectivity index (χ0v) is 11.0. The fourth-order valence-electron chi connectivity index (χ4n) is 2.40. The number of carbonyl (C=O) groups excluding carboxylic acids is 1. The molecule has 1 aromatic rings. The third-order valence-corrected chi connectivity index (χ3v) is 3.51. The van der Waals surface area contributed by atoms with Crippen LogP contribution in [-0.4, -0.2) is 40.6 Å². The van der Waals surface area contributed by atoms with E-state index in [2.05, 4.69) is 0 Å². The van der Waals surface area contributed by atoms with Crippen molar-refractivity contribution in [1.29, 1.82) is 0 Å². The molecule has 2 rings (SSSR count). The highest BCUT2D eigenvalue weighted by atomic mass is 16.3. The molecule has 0 aliphatic carbocycles. The average molecular weight is 248 g/mol. The third kappa shape index (κ3) is 2.42. The van der Waals surface area contributed by atoms with Crippen LogP contribution in [0.15, 0.2) is 18.2 Å². The zero-order chi connectivity index (χ0) is 13.1. The SMILES string of the molecule is CCN(CC)C(=O)N1CCc2ccc(O)cc2C1. The number of rotatable bonds is 2. The van der Waals surface area contributed by atoms with Gasteiger partial charge in [0, 0.05) is 26.2 Å². The van der Waals surface area contributed by atoms with Crippen LogP contribution >= 0.6 is 0 Å². The topological polar surface area (TPSA) is 43.8 Å². The number of urea groups is 1. The highest BCUT2D eigenvalue weighted by molar-refractivity contribution is 5.74. The highest BCUT2D eigenvalue weighted by Gasteiger charge is 2.23. The molecule has 1 N–H and O–H groups in total. The first-order valence-electron chi connectivity index (χ1n) is 6.50. The minimum absolute atomic E-state index is 0.0917. The van der Waals surface area contributed by atoms with E-state index in [-0.39, 0.29) is 11.8 Å². The second-order valence-corrected chi connectivity index (χ2v) is 4.58. The van der Waals surface area contributed by atoms with Gasteiger partial charge in [-0.25, -0.2) is 4.79 Å². The molecule has 0 spiro atoms. The molecule has 0 aromatic heterocycles. The molecule has 0 bridgehead atoms. The van der Waals surface area contributed by atoms with Crippen LogP contribution in [0, 0.1) is 0 Å². The van der Waals surface area contributed by atoms with Gasteiger partial charge in [-0.15, -0.1) is 0 Å². The van der Waals surface area contributed by atoms with Gasteiger partial charge >= 0.3 is 6.03 Å². The summed E-state index contributed by atoms with van der Waals surface area (Å²) in [5.74, 6) is 0.269. The lowest BCUT2D eigenvalue weighted by molar-refractivity contribution is 0.152. The summed E-state index contributed by atoms with van der Waals surface area (Å²) in [6, 6.07) is 5.51. The van der Waals surface area contributed by atoms with E-state index in [1.165, 1.54) is 5.56 Å². The van der Waals surface area contributed by atoms with Gasteiger partial charge in [-0.2, -0.15) is 0 Å². The summed E-state index contributed by atoms with van der Waals surface area (Å²) in [6.07, 6.45) is 0.864. The van der Waals surface area contributed by atoms with Crippen LogP contribution in [0.2, 0.25) is 0 Å². The predicted octanol–water partition coefficient (Wildman–Crippen LogP) is 2.21. The second-order valence-electron chi connectivity index (χ2n) is 4.58. The van der Waals surface area contributed by atoms with Gasteiger partial charge in [0.15, 0.2) is 0 Å². The number of benzene rings is 1. The van der Waals surface area contributed by atoms with Crippen LogP contribution in [0.3, 0.4) is 0 Å². The fraction of sp³-hybridized carbons (Fsp3) is 0.500. The van der Waals surface area contributed by atoms with Gasteiger partial charge in [-0.05, 0) is 43.5 Å². The Hall–Kier alpha value is -1.71. The van der Waals surface area contributed by atoms with E-state index in [1.807, 2.05) is 29.7 Å². The number of carbonyl (C=O) groups is 1. The highest BCUT2D eigenvalue weighted by Crippen LogP contribution is 2.23. The van der Waals surface area contributed by atoms with Crippen molar-refractivity contribution in [2.45, 2.75) is 26.8 Å². The lowest BCUT2D eigenvalue weighted by Gasteiger charge is -2.33. The molecule has 4 nitrogen and oxygen atoms in total. The first-order chi connectivity index (χ1) is 8.65.